The van der Waals surface area contributed by atoms with Gasteiger partial charge in [-0.1, -0.05) is 30.3 Å². The van der Waals surface area contributed by atoms with Crippen molar-refractivity contribution in [2.24, 2.45) is 0 Å². The van der Waals surface area contributed by atoms with E-state index < -0.39 is 46.5 Å². The third-order valence-corrected chi connectivity index (χ3v) is 6.12. The van der Waals surface area contributed by atoms with Crippen molar-refractivity contribution < 1.29 is 41.3 Å². The summed E-state index contributed by atoms with van der Waals surface area (Å²) in [5, 5.41) is 5.75. The molecule has 3 fully saturated rings. The van der Waals surface area contributed by atoms with Gasteiger partial charge in [0.1, 0.15) is 12.1 Å². The summed E-state index contributed by atoms with van der Waals surface area (Å²) in [4.78, 5) is 55.3. The van der Waals surface area contributed by atoms with Crippen LogP contribution in [0.15, 0.2) is 30.3 Å². The first-order valence-electron chi connectivity index (χ1n) is 10.4. The molecule has 3 saturated heterocycles. The van der Waals surface area contributed by atoms with Gasteiger partial charge in [0, 0.05) is 6.54 Å². The monoisotopic (exact) mass is 497 g/mol. The van der Waals surface area contributed by atoms with Crippen molar-refractivity contribution in [3.05, 3.63) is 35.9 Å². The van der Waals surface area contributed by atoms with Gasteiger partial charge in [-0.2, -0.15) is 13.5 Å². The number of urea groups is 1. The zero-order valence-corrected chi connectivity index (χ0v) is 18.6. The number of benzene rings is 1. The summed E-state index contributed by atoms with van der Waals surface area (Å²) < 4.78 is 35.0. The first-order chi connectivity index (χ1) is 16.1. The van der Waals surface area contributed by atoms with Gasteiger partial charge in [-0.15, -0.1) is 4.28 Å². The van der Waals surface area contributed by atoms with Gasteiger partial charge in [0.15, 0.2) is 0 Å². The predicted molar refractivity (Wildman–Crippen MR) is 111 cm³/mol. The van der Waals surface area contributed by atoms with Gasteiger partial charge in [0.05, 0.1) is 25.1 Å². The van der Waals surface area contributed by atoms with E-state index in [1.165, 1.54) is 0 Å². The Kier molecular flexibility index (Phi) is 6.70. The van der Waals surface area contributed by atoms with E-state index in [9.17, 15) is 27.6 Å². The van der Waals surface area contributed by atoms with Gasteiger partial charge in [-0.25, -0.2) is 10.3 Å². The number of hydrogen-bond acceptors (Lipinski definition) is 8. The zero-order valence-electron chi connectivity index (χ0n) is 17.7. The highest BCUT2D eigenvalue weighted by Crippen LogP contribution is 2.30. The fourth-order valence-corrected chi connectivity index (χ4v) is 4.52. The van der Waals surface area contributed by atoms with Crippen molar-refractivity contribution in [3.8, 4) is 0 Å². The lowest BCUT2D eigenvalue weighted by Crippen LogP contribution is -2.71. The summed E-state index contributed by atoms with van der Waals surface area (Å²) in [6, 6.07) is 5.24. The fourth-order valence-electron chi connectivity index (χ4n) is 4.13. The van der Waals surface area contributed by atoms with Gasteiger partial charge in [0.25, 0.3) is 5.91 Å². The number of β-lactam (4-membered cyclic amide) rings is 1. The number of piperidine rings is 1. The maximum Gasteiger partial charge on any atom is 0.418 e. The maximum absolute atomic E-state index is 12.5. The highest BCUT2D eigenvalue weighted by Gasteiger charge is 2.49. The number of hydroxylamine groups is 3. The van der Waals surface area contributed by atoms with E-state index in [1.807, 2.05) is 6.07 Å². The van der Waals surface area contributed by atoms with Crippen LogP contribution in [0.1, 0.15) is 18.4 Å². The van der Waals surface area contributed by atoms with Crippen LogP contribution in [0.3, 0.4) is 0 Å². The number of carbonyl (C=O) groups excluding carboxylic acids is 4. The minimum atomic E-state index is -4.88. The number of rotatable bonds is 9. The Bertz CT molecular complexity index is 1080. The summed E-state index contributed by atoms with van der Waals surface area (Å²) in [5.41, 5.74) is 3.02. The number of nitrogens with one attached hydrogen (secondary N) is 3. The Labute approximate surface area is 194 Å². The Morgan fingerprint density at radius 1 is 1.18 bits per heavy atom. The van der Waals surface area contributed by atoms with E-state index in [-0.39, 0.29) is 44.2 Å². The van der Waals surface area contributed by atoms with Crippen LogP contribution in [0.5, 0.6) is 0 Å². The minimum Gasteiger partial charge on any atom is -0.346 e. The van der Waals surface area contributed by atoms with Crippen LogP contribution in [0.2, 0.25) is 0 Å². The third-order valence-electron chi connectivity index (χ3n) is 5.77. The van der Waals surface area contributed by atoms with Gasteiger partial charge in [-0.3, -0.25) is 23.8 Å². The predicted octanol–water partition coefficient (Wildman–Crippen LogP) is -1.74. The van der Waals surface area contributed by atoms with E-state index >= 15 is 0 Å². The lowest BCUT2D eigenvalue weighted by atomic mass is 9.99. The second-order valence-corrected chi connectivity index (χ2v) is 9.11. The zero-order chi connectivity index (χ0) is 24.5. The van der Waals surface area contributed by atoms with Crippen LogP contribution >= 0.6 is 0 Å². The second kappa shape index (κ2) is 9.54. The highest BCUT2D eigenvalue weighted by atomic mass is 32.3. The molecule has 5 amide bonds. The molecule has 0 aromatic heterocycles. The maximum atomic E-state index is 12.5. The molecule has 1 aromatic carbocycles. The third kappa shape index (κ3) is 5.27. The molecule has 15 heteroatoms. The molecule has 4 atom stereocenters. The van der Waals surface area contributed by atoms with Gasteiger partial charge in [0.2, 0.25) is 11.8 Å². The van der Waals surface area contributed by atoms with Crippen molar-refractivity contribution >= 4 is 34.2 Å². The molecular formula is C19H23N5O9S. The number of amides is 5. The quantitative estimate of drug-likeness (QED) is 0.175. The molecule has 3 aliphatic heterocycles. The molecular weight excluding hydrogens is 474 g/mol. The first kappa shape index (κ1) is 23.9. The van der Waals surface area contributed by atoms with Crippen LogP contribution < -0.4 is 16.1 Å². The fraction of sp³-hybridized carbons (Fsp3) is 0.474. The summed E-state index contributed by atoms with van der Waals surface area (Å²) in [6.07, 6.45) is 0.596. The molecule has 4 N–H and O–H groups in total. The van der Waals surface area contributed by atoms with Gasteiger partial charge in [-0.05, 0) is 18.4 Å². The van der Waals surface area contributed by atoms with E-state index in [2.05, 4.69) is 20.4 Å². The van der Waals surface area contributed by atoms with Gasteiger partial charge < -0.3 is 15.5 Å². The molecule has 0 aliphatic carbocycles. The Morgan fingerprint density at radius 3 is 2.59 bits per heavy atom. The standard InChI is InChI=1S/C19H23N5O9S/c25-15(8-11-4-2-1-3-5-11)21-16-13(20-18(16)27)10-32-22-17(26)14-7-6-12-9-23(14)19(28)24(12)33-34(29,30)31/h1-5,12-14,16H,6-10H2,(H,20,27)(H,21,25)(H,22,26)(H,29,30,31)/t12-,13-,14+,16+/m1/s1. The van der Waals surface area contributed by atoms with Crippen LogP contribution in [-0.2, 0) is 40.3 Å². The van der Waals surface area contributed by atoms with Crippen molar-refractivity contribution in [2.75, 3.05) is 13.2 Å². The summed E-state index contributed by atoms with van der Waals surface area (Å²) in [5.74, 6) is -1.35. The summed E-state index contributed by atoms with van der Waals surface area (Å²) >= 11 is 0. The van der Waals surface area contributed by atoms with Crippen molar-refractivity contribution in [1.82, 2.24) is 26.1 Å². The SMILES string of the molecule is O=C(Cc1ccccc1)N[C@@H]1C(=O)N[C@@H]1CONC(=O)[C@@H]1CC[C@@H]2CN1C(=O)N2OS(=O)(=O)O. The van der Waals surface area contributed by atoms with Crippen LogP contribution in [-0.4, -0.2) is 84.0 Å². The molecule has 0 saturated carbocycles. The number of fused-ring (bicyclic) bond motifs is 2. The molecule has 1 aromatic rings. The average molecular weight is 497 g/mol. The van der Waals surface area contributed by atoms with E-state index in [4.69, 9.17) is 9.39 Å². The number of carbonyl (C=O) groups is 4. The van der Waals surface area contributed by atoms with E-state index in [0.717, 1.165) is 10.5 Å². The van der Waals surface area contributed by atoms with E-state index in [1.54, 1.807) is 24.3 Å². The lowest BCUT2D eigenvalue weighted by molar-refractivity contribution is -0.145. The van der Waals surface area contributed by atoms with Crippen LogP contribution in [0, 0.1) is 0 Å². The molecule has 0 spiro atoms. The summed E-state index contributed by atoms with van der Waals surface area (Å²) in [7, 11) is -4.88. The topological polar surface area (TPSA) is 184 Å². The molecule has 34 heavy (non-hydrogen) atoms. The molecule has 2 bridgehead atoms. The van der Waals surface area contributed by atoms with Crippen molar-refractivity contribution in [1.29, 1.82) is 0 Å². The van der Waals surface area contributed by atoms with Crippen LogP contribution in [0.25, 0.3) is 0 Å². The summed E-state index contributed by atoms with van der Waals surface area (Å²) in [6.45, 7) is -0.0876. The first-order valence-corrected chi connectivity index (χ1v) is 11.8. The molecule has 3 heterocycles. The Morgan fingerprint density at radius 2 is 1.91 bits per heavy atom. The smallest absolute Gasteiger partial charge is 0.346 e. The molecule has 3 aliphatic rings. The largest absolute Gasteiger partial charge is 0.418 e. The lowest BCUT2D eigenvalue weighted by Gasteiger charge is -2.36. The average Bonchev–Trinajstić information content (AvgIpc) is 3.01. The highest BCUT2D eigenvalue weighted by molar-refractivity contribution is 7.80. The Balaban J connectivity index is 1.23. The van der Waals surface area contributed by atoms with Crippen molar-refractivity contribution in [2.45, 2.75) is 43.4 Å². The minimum absolute atomic E-state index is 0.0423. The number of hydrogen-bond donors (Lipinski definition) is 4. The molecule has 14 nitrogen and oxygen atoms in total. The molecule has 0 unspecified atom stereocenters. The molecule has 0 radical (unpaired) electrons. The molecule has 184 valence electrons. The van der Waals surface area contributed by atoms with E-state index in [0.29, 0.717) is 5.06 Å². The van der Waals surface area contributed by atoms with Gasteiger partial charge >= 0.3 is 16.4 Å². The second-order valence-electron chi connectivity index (χ2n) is 8.11. The normalized spacial score (nSPS) is 26.0. The van der Waals surface area contributed by atoms with Crippen LogP contribution in [0.4, 0.5) is 4.79 Å². The van der Waals surface area contributed by atoms with Crippen molar-refractivity contribution in [3.63, 3.8) is 0 Å². The Hall–Kier alpha value is -3.27. The molecule has 4 rings (SSSR count). The number of nitrogens with zero attached hydrogens (tertiary/aromatic N) is 2.